The summed E-state index contributed by atoms with van der Waals surface area (Å²) < 4.78 is 37.6. The fraction of sp³-hybridized carbons (Fsp3) is 0.750. The zero-order chi connectivity index (χ0) is 18.1. The molecule has 0 unspecified atom stereocenters. The zero-order valence-corrected chi connectivity index (χ0v) is 15.3. The van der Waals surface area contributed by atoms with E-state index < -0.39 is 11.9 Å². The number of aliphatic imine (C=N–C) groups is 1. The number of rotatable bonds is 8. The second kappa shape index (κ2) is 9.96. The molecular weight excluding hydrogens is 351 g/mol. The molecule has 1 aliphatic heterocycles. The van der Waals surface area contributed by atoms with Crippen LogP contribution in [-0.2, 0) is 12.6 Å². The number of hydrogen-bond acceptors (Lipinski definition) is 4. The van der Waals surface area contributed by atoms with Crippen LogP contribution < -0.4 is 10.6 Å². The van der Waals surface area contributed by atoms with E-state index in [0.29, 0.717) is 23.9 Å². The van der Waals surface area contributed by atoms with Gasteiger partial charge < -0.3 is 15.5 Å². The Kier molecular flexibility index (Phi) is 7.95. The SMILES string of the molecule is CCNC(=NCCCN1CCCC1)NCCc1nc(C(F)(F)F)cs1. The minimum absolute atomic E-state index is 0.443. The molecule has 0 amide bonds. The van der Waals surface area contributed by atoms with Gasteiger partial charge in [0.25, 0.3) is 0 Å². The van der Waals surface area contributed by atoms with E-state index in [1.807, 2.05) is 6.92 Å². The molecule has 142 valence electrons. The molecule has 0 aromatic carbocycles. The molecule has 25 heavy (non-hydrogen) atoms. The highest BCUT2D eigenvalue weighted by Crippen LogP contribution is 2.29. The fourth-order valence-corrected chi connectivity index (χ4v) is 3.48. The van der Waals surface area contributed by atoms with Gasteiger partial charge in [-0.05, 0) is 45.8 Å². The maximum Gasteiger partial charge on any atom is 0.434 e. The van der Waals surface area contributed by atoms with Crippen LogP contribution in [0, 0.1) is 0 Å². The minimum atomic E-state index is -4.37. The van der Waals surface area contributed by atoms with E-state index in [0.717, 1.165) is 42.8 Å². The van der Waals surface area contributed by atoms with Crippen molar-refractivity contribution in [3.8, 4) is 0 Å². The third-order valence-electron chi connectivity index (χ3n) is 3.92. The molecule has 0 saturated carbocycles. The van der Waals surface area contributed by atoms with Crippen molar-refractivity contribution in [2.24, 2.45) is 4.99 Å². The number of hydrogen-bond donors (Lipinski definition) is 2. The first-order valence-electron chi connectivity index (χ1n) is 8.75. The van der Waals surface area contributed by atoms with E-state index in [9.17, 15) is 13.2 Å². The van der Waals surface area contributed by atoms with Gasteiger partial charge in [-0.1, -0.05) is 0 Å². The lowest BCUT2D eigenvalue weighted by molar-refractivity contribution is -0.140. The number of nitrogens with zero attached hydrogens (tertiary/aromatic N) is 3. The van der Waals surface area contributed by atoms with Crippen LogP contribution in [0.1, 0.15) is 36.9 Å². The van der Waals surface area contributed by atoms with Crippen LogP contribution >= 0.6 is 11.3 Å². The van der Waals surface area contributed by atoms with E-state index in [4.69, 9.17) is 0 Å². The monoisotopic (exact) mass is 377 g/mol. The largest absolute Gasteiger partial charge is 0.434 e. The van der Waals surface area contributed by atoms with Crippen LogP contribution in [0.5, 0.6) is 0 Å². The molecule has 1 aromatic rings. The summed E-state index contributed by atoms with van der Waals surface area (Å²) in [6, 6.07) is 0. The summed E-state index contributed by atoms with van der Waals surface area (Å²) in [6.45, 7) is 7.42. The average molecular weight is 377 g/mol. The molecule has 0 radical (unpaired) electrons. The van der Waals surface area contributed by atoms with Crippen LogP contribution in [0.2, 0.25) is 0 Å². The van der Waals surface area contributed by atoms with Crippen molar-refractivity contribution in [1.29, 1.82) is 0 Å². The molecule has 0 spiro atoms. The number of alkyl halides is 3. The maximum absolute atomic E-state index is 12.5. The first kappa shape index (κ1) is 20.0. The summed E-state index contributed by atoms with van der Waals surface area (Å²) in [7, 11) is 0. The molecule has 2 N–H and O–H groups in total. The van der Waals surface area contributed by atoms with E-state index in [2.05, 4.69) is 25.5 Å². The van der Waals surface area contributed by atoms with Crippen molar-refractivity contribution in [1.82, 2.24) is 20.5 Å². The van der Waals surface area contributed by atoms with Gasteiger partial charge in [-0.3, -0.25) is 4.99 Å². The Hall–Kier alpha value is -1.35. The Labute approximate surface area is 150 Å². The standard InChI is InChI=1S/C16H26F3N5S/c1-2-20-15(21-7-5-11-24-9-3-4-10-24)22-8-6-14-23-13(12-25-14)16(17,18)19/h12H,2-11H2,1H3,(H2,20,21,22). The zero-order valence-electron chi connectivity index (χ0n) is 14.5. The predicted octanol–water partition coefficient (Wildman–Crippen LogP) is 2.75. The van der Waals surface area contributed by atoms with Crippen LogP contribution in [0.4, 0.5) is 13.2 Å². The second-order valence-corrected chi connectivity index (χ2v) is 6.91. The van der Waals surface area contributed by atoms with Crippen molar-refractivity contribution in [2.75, 3.05) is 39.3 Å². The maximum atomic E-state index is 12.5. The van der Waals surface area contributed by atoms with Crippen molar-refractivity contribution >= 4 is 17.3 Å². The molecule has 9 heteroatoms. The normalized spacial score (nSPS) is 16.4. The Bertz CT molecular complexity index is 538. The number of guanidine groups is 1. The summed E-state index contributed by atoms with van der Waals surface area (Å²) >= 11 is 1.04. The lowest BCUT2D eigenvalue weighted by Gasteiger charge is -2.14. The molecule has 2 heterocycles. The Morgan fingerprint density at radius 3 is 2.72 bits per heavy atom. The van der Waals surface area contributed by atoms with Gasteiger partial charge in [0.2, 0.25) is 0 Å². The first-order valence-corrected chi connectivity index (χ1v) is 9.63. The minimum Gasteiger partial charge on any atom is -0.357 e. The fourth-order valence-electron chi connectivity index (χ4n) is 2.68. The molecule has 0 atom stereocenters. The predicted molar refractivity (Wildman–Crippen MR) is 95.1 cm³/mol. The molecule has 2 rings (SSSR count). The molecular formula is C16H26F3N5S. The van der Waals surface area contributed by atoms with Crippen molar-refractivity contribution in [2.45, 2.75) is 38.8 Å². The second-order valence-electron chi connectivity index (χ2n) is 5.96. The van der Waals surface area contributed by atoms with Gasteiger partial charge in [0.15, 0.2) is 11.7 Å². The van der Waals surface area contributed by atoms with E-state index in [1.165, 1.54) is 25.9 Å². The van der Waals surface area contributed by atoms with Gasteiger partial charge in [0.1, 0.15) is 0 Å². The van der Waals surface area contributed by atoms with Gasteiger partial charge in [0, 0.05) is 31.4 Å². The van der Waals surface area contributed by atoms with Gasteiger partial charge in [-0.25, -0.2) is 4.98 Å². The molecule has 1 aliphatic rings. The van der Waals surface area contributed by atoms with Crippen LogP contribution in [0.3, 0.4) is 0 Å². The molecule has 0 aliphatic carbocycles. The molecule has 0 bridgehead atoms. The third-order valence-corrected chi connectivity index (χ3v) is 4.83. The summed E-state index contributed by atoms with van der Waals surface area (Å²) in [4.78, 5) is 10.6. The average Bonchev–Trinajstić information content (AvgIpc) is 3.22. The van der Waals surface area contributed by atoms with Gasteiger partial charge in [-0.2, -0.15) is 13.2 Å². The van der Waals surface area contributed by atoms with E-state index in [1.54, 1.807) is 0 Å². The molecule has 1 saturated heterocycles. The van der Waals surface area contributed by atoms with Crippen molar-refractivity contribution in [3.05, 3.63) is 16.1 Å². The number of likely N-dealkylation sites (tertiary alicyclic amines) is 1. The highest BCUT2D eigenvalue weighted by Gasteiger charge is 2.33. The Morgan fingerprint density at radius 2 is 2.08 bits per heavy atom. The number of nitrogens with one attached hydrogen (secondary N) is 2. The lowest BCUT2D eigenvalue weighted by Crippen LogP contribution is -2.38. The summed E-state index contributed by atoms with van der Waals surface area (Å²) in [5.41, 5.74) is -0.810. The lowest BCUT2D eigenvalue weighted by atomic mass is 10.4. The van der Waals surface area contributed by atoms with Crippen LogP contribution in [-0.4, -0.2) is 55.1 Å². The smallest absolute Gasteiger partial charge is 0.357 e. The highest BCUT2D eigenvalue weighted by atomic mass is 32.1. The van der Waals surface area contributed by atoms with Gasteiger partial charge in [0.05, 0.1) is 5.01 Å². The summed E-state index contributed by atoms with van der Waals surface area (Å²) in [6.07, 6.45) is -0.328. The summed E-state index contributed by atoms with van der Waals surface area (Å²) in [5, 5.41) is 7.85. The van der Waals surface area contributed by atoms with Crippen LogP contribution in [0.15, 0.2) is 10.4 Å². The Balaban J connectivity index is 1.70. The Morgan fingerprint density at radius 1 is 1.32 bits per heavy atom. The van der Waals surface area contributed by atoms with E-state index in [-0.39, 0.29) is 0 Å². The quantitative estimate of drug-likeness (QED) is 0.416. The molecule has 1 fully saturated rings. The number of aromatic nitrogens is 1. The van der Waals surface area contributed by atoms with Crippen molar-refractivity contribution in [3.63, 3.8) is 0 Å². The van der Waals surface area contributed by atoms with Gasteiger partial charge in [-0.15, -0.1) is 11.3 Å². The van der Waals surface area contributed by atoms with Gasteiger partial charge >= 0.3 is 6.18 Å². The third kappa shape index (κ3) is 7.19. The first-order chi connectivity index (χ1) is 12.0. The highest BCUT2D eigenvalue weighted by molar-refractivity contribution is 7.09. The topological polar surface area (TPSA) is 52.6 Å². The number of halogens is 3. The molecule has 5 nitrogen and oxygen atoms in total. The van der Waals surface area contributed by atoms with Crippen LogP contribution in [0.25, 0.3) is 0 Å². The van der Waals surface area contributed by atoms with E-state index >= 15 is 0 Å². The molecule has 1 aromatic heterocycles. The van der Waals surface area contributed by atoms with Crippen molar-refractivity contribution < 1.29 is 13.2 Å². The summed E-state index contributed by atoms with van der Waals surface area (Å²) in [5.74, 6) is 0.705. The number of thiazole rings is 1.